The van der Waals surface area contributed by atoms with Gasteiger partial charge in [-0.15, -0.1) is 0 Å². The highest BCUT2D eigenvalue weighted by atomic mass is 14.6. The van der Waals surface area contributed by atoms with Crippen molar-refractivity contribution in [2.24, 2.45) is 0 Å². The molecule has 8 heavy (non-hydrogen) atoms. The lowest BCUT2D eigenvalue weighted by Gasteiger charge is -1.79. The molecule has 0 amide bonds. The van der Waals surface area contributed by atoms with Crippen LogP contribution in [0.2, 0.25) is 0 Å². The second kappa shape index (κ2) is 2.13. The molecule has 0 fully saturated rings. The molecule has 0 saturated carbocycles. The third-order valence-electron chi connectivity index (χ3n) is 0.820. The molecule has 1 radical (unpaired) electrons. The minimum Gasteiger partial charge on any atom is -0.238 e. The molecule has 0 atom stereocenters. The van der Waals surface area contributed by atoms with Gasteiger partial charge >= 0.3 is 0 Å². The fraction of sp³-hybridized carbons (Fsp3) is 0. The second-order valence-corrected chi connectivity index (χ2v) is 1.37. The van der Waals surface area contributed by atoms with Crippen LogP contribution in [0.1, 0.15) is 0 Å². The molecule has 0 unspecified atom stereocenters. The van der Waals surface area contributed by atoms with Crippen LogP contribution in [-0.2, 0) is 0 Å². The molecular weight excluding hydrogens is 98.1 g/mol. The first-order valence-corrected chi connectivity index (χ1v) is 2.27. The smallest absolute Gasteiger partial charge is 0.187 e. The maximum atomic E-state index is 6.55. The van der Waals surface area contributed by atoms with Crippen LogP contribution in [0.3, 0.4) is 0 Å². The Morgan fingerprint density at radius 2 is 2.50 bits per heavy atom. The van der Waals surface area contributed by atoms with E-state index in [-0.39, 0.29) is 0 Å². The first-order chi connectivity index (χ1) is 3.93. The van der Waals surface area contributed by atoms with Crippen LogP contribution < -0.4 is 0 Å². The zero-order valence-electron chi connectivity index (χ0n) is 4.26. The van der Waals surface area contributed by atoms with Gasteiger partial charge in [0, 0.05) is 0 Å². The molecule has 0 aliphatic carbocycles. The van der Waals surface area contributed by atoms with Crippen molar-refractivity contribution in [3.63, 3.8) is 0 Å². The molecule has 0 saturated heterocycles. The highest BCUT2D eigenvalue weighted by Gasteiger charge is 1.80. The average molecular weight is 102 g/mol. The van der Waals surface area contributed by atoms with Crippen LogP contribution >= 0.6 is 0 Å². The third-order valence-corrected chi connectivity index (χ3v) is 0.820. The van der Waals surface area contributed by atoms with Gasteiger partial charge in [-0.1, -0.05) is 18.2 Å². The zero-order chi connectivity index (χ0) is 5.82. The molecule has 1 aromatic carbocycles. The fourth-order valence-electron chi connectivity index (χ4n) is 0.453. The molecule has 0 aromatic heterocycles. The molecular formula is C7H4N. The van der Waals surface area contributed by atoms with Gasteiger partial charge in [0.05, 0.1) is 6.57 Å². The van der Waals surface area contributed by atoms with Crippen molar-refractivity contribution < 1.29 is 0 Å². The van der Waals surface area contributed by atoms with Crippen molar-refractivity contribution in [1.82, 2.24) is 0 Å². The van der Waals surface area contributed by atoms with E-state index in [9.17, 15) is 0 Å². The lowest BCUT2D eigenvalue weighted by atomic mass is 10.3. The normalized spacial score (nSPS) is 7.88. The minimum absolute atomic E-state index is 0.646. The molecule has 0 aliphatic heterocycles. The van der Waals surface area contributed by atoms with E-state index in [0.717, 1.165) is 0 Å². The van der Waals surface area contributed by atoms with Crippen molar-refractivity contribution in [3.8, 4) is 0 Å². The largest absolute Gasteiger partial charge is 0.238 e. The zero-order valence-corrected chi connectivity index (χ0v) is 4.26. The molecule has 0 N–H and O–H groups in total. The Hall–Kier alpha value is -1.29. The van der Waals surface area contributed by atoms with E-state index in [1.165, 1.54) is 0 Å². The van der Waals surface area contributed by atoms with Crippen molar-refractivity contribution in [2.75, 3.05) is 0 Å². The Morgan fingerprint density at radius 1 is 1.62 bits per heavy atom. The Bertz CT molecular complexity index is 195. The number of nitrogens with zero attached hydrogens (tertiary/aromatic N) is 1. The van der Waals surface area contributed by atoms with E-state index >= 15 is 0 Å². The maximum absolute atomic E-state index is 6.55. The van der Waals surface area contributed by atoms with Gasteiger partial charge in [0.1, 0.15) is 0 Å². The van der Waals surface area contributed by atoms with Crippen LogP contribution in [0.4, 0.5) is 5.69 Å². The van der Waals surface area contributed by atoms with Crippen LogP contribution in [-0.4, -0.2) is 0 Å². The summed E-state index contributed by atoms with van der Waals surface area (Å²) in [7, 11) is 0. The maximum Gasteiger partial charge on any atom is 0.187 e. The SMILES string of the molecule is [C-]#[N+]c1c[c]ccc1. The van der Waals surface area contributed by atoms with E-state index in [1.54, 1.807) is 24.3 Å². The Balaban J connectivity index is 3.05. The molecule has 1 aromatic rings. The predicted octanol–water partition coefficient (Wildman–Crippen LogP) is 2.04. The number of hydrogen-bond acceptors (Lipinski definition) is 0. The Labute approximate surface area is 48.4 Å². The van der Waals surface area contributed by atoms with Gasteiger partial charge in [0.2, 0.25) is 0 Å². The quantitative estimate of drug-likeness (QED) is 0.441. The first-order valence-electron chi connectivity index (χ1n) is 2.27. The standard InChI is InChI=1S/C7H4N/c1-8-7-5-3-2-4-6-7/h2-3,5-6H. The van der Waals surface area contributed by atoms with E-state index < -0.39 is 0 Å². The minimum atomic E-state index is 0.646. The molecule has 0 spiro atoms. The van der Waals surface area contributed by atoms with Crippen LogP contribution in [0.5, 0.6) is 0 Å². The highest BCUT2D eigenvalue weighted by Crippen LogP contribution is 2.06. The predicted molar refractivity (Wildman–Crippen MR) is 31.5 cm³/mol. The summed E-state index contributed by atoms with van der Waals surface area (Å²) >= 11 is 0. The number of hydrogen-bond donors (Lipinski definition) is 0. The molecule has 0 bridgehead atoms. The van der Waals surface area contributed by atoms with E-state index in [0.29, 0.717) is 5.69 Å². The Kier molecular flexibility index (Phi) is 1.29. The van der Waals surface area contributed by atoms with E-state index in [2.05, 4.69) is 10.9 Å². The Morgan fingerprint density at radius 3 is 2.88 bits per heavy atom. The lowest BCUT2D eigenvalue weighted by Crippen LogP contribution is -1.55. The summed E-state index contributed by atoms with van der Waals surface area (Å²) in [6.45, 7) is 6.55. The van der Waals surface area contributed by atoms with Gasteiger partial charge in [-0.25, -0.2) is 4.85 Å². The summed E-state index contributed by atoms with van der Waals surface area (Å²) in [4.78, 5) is 3.19. The van der Waals surface area contributed by atoms with Gasteiger partial charge in [0.25, 0.3) is 0 Å². The van der Waals surface area contributed by atoms with Crippen molar-refractivity contribution in [3.05, 3.63) is 41.7 Å². The first kappa shape index (κ1) is 4.86. The molecule has 1 heteroatoms. The lowest BCUT2D eigenvalue weighted by molar-refractivity contribution is 1.70. The van der Waals surface area contributed by atoms with Crippen molar-refractivity contribution in [2.45, 2.75) is 0 Å². The van der Waals surface area contributed by atoms with Gasteiger partial charge in [-0.2, -0.15) is 0 Å². The van der Waals surface area contributed by atoms with E-state index in [1.807, 2.05) is 0 Å². The second-order valence-electron chi connectivity index (χ2n) is 1.37. The van der Waals surface area contributed by atoms with Crippen LogP contribution in [0.15, 0.2) is 24.3 Å². The summed E-state index contributed by atoms with van der Waals surface area (Å²) in [5.74, 6) is 0. The molecule has 0 aliphatic rings. The van der Waals surface area contributed by atoms with Gasteiger partial charge in [-0.3, -0.25) is 0 Å². The van der Waals surface area contributed by atoms with Gasteiger partial charge < -0.3 is 0 Å². The van der Waals surface area contributed by atoms with Crippen LogP contribution in [0, 0.1) is 12.6 Å². The summed E-state index contributed by atoms with van der Waals surface area (Å²) in [6.07, 6.45) is 0. The van der Waals surface area contributed by atoms with Crippen molar-refractivity contribution in [1.29, 1.82) is 0 Å². The summed E-state index contributed by atoms with van der Waals surface area (Å²) in [5, 5.41) is 0. The summed E-state index contributed by atoms with van der Waals surface area (Å²) in [6, 6.07) is 9.78. The van der Waals surface area contributed by atoms with Crippen LogP contribution in [0.25, 0.3) is 4.85 Å². The van der Waals surface area contributed by atoms with Gasteiger partial charge in [0.15, 0.2) is 5.69 Å². The number of rotatable bonds is 0. The third kappa shape index (κ3) is 0.855. The molecule has 0 heterocycles. The molecule has 1 nitrogen and oxygen atoms in total. The summed E-state index contributed by atoms with van der Waals surface area (Å²) < 4.78 is 0. The van der Waals surface area contributed by atoms with Gasteiger partial charge in [-0.05, 0) is 12.1 Å². The van der Waals surface area contributed by atoms with Crippen molar-refractivity contribution >= 4 is 5.69 Å². The van der Waals surface area contributed by atoms with E-state index in [4.69, 9.17) is 6.57 Å². The number of benzene rings is 1. The average Bonchev–Trinajstić information content (AvgIpc) is 1.90. The molecule has 37 valence electrons. The fourth-order valence-corrected chi connectivity index (χ4v) is 0.453. The summed E-state index contributed by atoms with van der Waals surface area (Å²) in [5.41, 5.74) is 0.646. The molecule has 1 rings (SSSR count). The topological polar surface area (TPSA) is 4.36 Å². The highest BCUT2D eigenvalue weighted by molar-refractivity contribution is 5.42. The monoisotopic (exact) mass is 102 g/mol.